The molecule has 0 aromatic heterocycles. The van der Waals surface area contributed by atoms with E-state index in [2.05, 4.69) is 10.6 Å². The molecule has 1 aliphatic rings. The highest BCUT2D eigenvalue weighted by atomic mass is 19.1. The molecule has 2 amide bonds. The Morgan fingerprint density at radius 2 is 1.92 bits per heavy atom. The Balaban J connectivity index is 1.68. The van der Waals surface area contributed by atoms with Gasteiger partial charge in [0.2, 0.25) is 5.91 Å². The van der Waals surface area contributed by atoms with Crippen LogP contribution in [0.15, 0.2) is 48.5 Å². The third-order valence-electron chi connectivity index (χ3n) is 4.25. The fourth-order valence-electron chi connectivity index (χ4n) is 2.70. The van der Waals surface area contributed by atoms with Crippen LogP contribution in [0.2, 0.25) is 0 Å². The SMILES string of the molecule is CCN(CC(=O)Nc1ccccc1C(=O)NC1CC1)c1cccc(F)c1. The number of hydrogen-bond donors (Lipinski definition) is 2. The number of likely N-dealkylation sites (N-methyl/N-ethyl adjacent to an activating group) is 1. The zero-order valence-corrected chi connectivity index (χ0v) is 14.7. The van der Waals surface area contributed by atoms with Gasteiger partial charge in [0.15, 0.2) is 0 Å². The predicted molar refractivity (Wildman–Crippen MR) is 99.8 cm³/mol. The third kappa shape index (κ3) is 4.59. The van der Waals surface area contributed by atoms with Crippen LogP contribution < -0.4 is 15.5 Å². The minimum absolute atomic E-state index is 0.0680. The average molecular weight is 355 g/mol. The fourth-order valence-corrected chi connectivity index (χ4v) is 2.70. The highest BCUT2D eigenvalue weighted by Crippen LogP contribution is 2.22. The predicted octanol–water partition coefficient (Wildman–Crippen LogP) is 3.18. The van der Waals surface area contributed by atoms with Crippen LogP contribution in [0.1, 0.15) is 30.1 Å². The maximum Gasteiger partial charge on any atom is 0.253 e. The molecular weight excluding hydrogens is 333 g/mol. The highest BCUT2D eigenvalue weighted by molar-refractivity contribution is 6.04. The first-order chi connectivity index (χ1) is 12.6. The summed E-state index contributed by atoms with van der Waals surface area (Å²) < 4.78 is 13.4. The molecule has 0 bridgehead atoms. The summed E-state index contributed by atoms with van der Waals surface area (Å²) in [6.45, 7) is 2.52. The first kappa shape index (κ1) is 17.9. The average Bonchev–Trinajstić information content (AvgIpc) is 3.44. The fraction of sp³-hybridized carbons (Fsp3) is 0.300. The summed E-state index contributed by atoms with van der Waals surface area (Å²) in [5.41, 5.74) is 1.56. The Hall–Kier alpha value is -2.89. The van der Waals surface area contributed by atoms with E-state index in [-0.39, 0.29) is 30.2 Å². The van der Waals surface area contributed by atoms with E-state index in [0.29, 0.717) is 23.5 Å². The Labute approximate surface area is 152 Å². The van der Waals surface area contributed by atoms with Crippen molar-refractivity contribution in [3.63, 3.8) is 0 Å². The number of carbonyl (C=O) groups is 2. The number of nitrogens with zero attached hydrogens (tertiary/aromatic N) is 1. The molecule has 0 unspecified atom stereocenters. The van der Waals surface area contributed by atoms with Gasteiger partial charge in [-0.2, -0.15) is 0 Å². The maximum atomic E-state index is 13.4. The molecule has 26 heavy (non-hydrogen) atoms. The number of nitrogens with one attached hydrogen (secondary N) is 2. The molecule has 3 rings (SSSR count). The standard InChI is InChI=1S/C20H22FN3O2/c1-2-24(16-7-5-6-14(21)12-16)13-19(25)23-18-9-4-3-8-17(18)20(26)22-15-10-11-15/h3-9,12,15H,2,10-11,13H2,1H3,(H,22,26)(H,23,25). The minimum Gasteiger partial charge on any atom is -0.362 e. The number of carbonyl (C=O) groups excluding carboxylic acids is 2. The van der Waals surface area contributed by atoms with E-state index in [1.54, 1.807) is 41.3 Å². The zero-order chi connectivity index (χ0) is 18.5. The number of halogens is 1. The van der Waals surface area contributed by atoms with E-state index in [1.165, 1.54) is 12.1 Å². The van der Waals surface area contributed by atoms with Gasteiger partial charge < -0.3 is 15.5 Å². The lowest BCUT2D eigenvalue weighted by Gasteiger charge is -2.22. The molecule has 0 saturated heterocycles. The summed E-state index contributed by atoms with van der Waals surface area (Å²) in [5, 5.41) is 5.72. The van der Waals surface area contributed by atoms with Gasteiger partial charge in [0.1, 0.15) is 5.82 Å². The molecule has 2 N–H and O–H groups in total. The van der Waals surface area contributed by atoms with Crippen molar-refractivity contribution in [1.82, 2.24) is 5.32 Å². The second kappa shape index (κ2) is 7.99. The summed E-state index contributed by atoms with van der Waals surface area (Å²) in [5.74, 6) is -0.785. The van der Waals surface area contributed by atoms with Crippen molar-refractivity contribution in [3.05, 3.63) is 59.9 Å². The van der Waals surface area contributed by atoms with Gasteiger partial charge in [-0.1, -0.05) is 18.2 Å². The Kier molecular flexibility index (Phi) is 5.51. The summed E-state index contributed by atoms with van der Waals surface area (Å²) in [6.07, 6.45) is 2.00. The summed E-state index contributed by atoms with van der Waals surface area (Å²) in [4.78, 5) is 26.6. The largest absolute Gasteiger partial charge is 0.362 e. The van der Waals surface area contributed by atoms with E-state index in [0.717, 1.165) is 12.8 Å². The Bertz CT molecular complexity index is 805. The van der Waals surface area contributed by atoms with E-state index in [4.69, 9.17) is 0 Å². The van der Waals surface area contributed by atoms with E-state index in [1.807, 2.05) is 6.92 Å². The van der Waals surface area contributed by atoms with Crippen LogP contribution in [0.5, 0.6) is 0 Å². The smallest absolute Gasteiger partial charge is 0.253 e. The molecule has 0 atom stereocenters. The second-order valence-electron chi connectivity index (χ2n) is 6.34. The highest BCUT2D eigenvalue weighted by Gasteiger charge is 2.25. The molecule has 2 aromatic carbocycles. The number of rotatable bonds is 7. The van der Waals surface area contributed by atoms with Crippen LogP contribution in [-0.4, -0.2) is 30.9 Å². The Morgan fingerprint density at radius 3 is 2.62 bits per heavy atom. The van der Waals surface area contributed by atoms with Crippen molar-refractivity contribution in [2.24, 2.45) is 0 Å². The molecule has 6 heteroatoms. The van der Waals surface area contributed by atoms with Crippen LogP contribution in [0, 0.1) is 5.82 Å². The van der Waals surface area contributed by atoms with Crippen LogP contribution in [0.3, 0.4) is 0 Å². The molecule has 1 saturated carbocycles. The van der Waals surface area contributed by atoms with Gasteiger partial charge in [-0.25, -0.2) is 4.39 Å². The summed E-state index contributed by atoms with van der Waals surface area (Å²) >= 11 is 0. The second-order valence-corrected chi connectivity index (χ2v) is 6.34. The topological polar surface area (TPSA) is 61.4 Å². The van der Waals surface area contributed by atoms with Gasteiger partial charge in [0.05, 0.1) is 17.8 Å². The van der Waals surface area contributed by atoms with Gasteiger partial charge >= 0.3 is 0 Å². The van der Waals surface area contributed by atoms with Crippen molar-refractivity contribution in [2.45, 2.75) is 25.8 Å². The van der Waals surface area contributed by atoms with Crippen LogP contribution in [-0.2, 0) is 4.79 Å². The van der Waals surface area contributed by atoms with Crippen LogP contribution in [0.25, 0.3) is 0 Å². The van der Waals surface area contributed by atoms with E-state index >= 15 is 0 Å². The number of anilines is 2. The van der Waals surface area contributed by atoms with E-state index in [9.17, 15) is 14.0 Å². The summed E-state index contributed by atoms with van der Waals surface area (Å²) in [6, 6.07) is 13.3. The monoisotopic (exact) mass is 355 g/mol. The molecule has 5 nitrogen and oxygen atoms in total. The third-order valence-corrected chi connectivity index (χ3v) is 4.25. The van der Waals surface area contributed by atoms with Gasteiger partial charge in [-0.05, 0) is 50.1 Å². The van der Waals surface area contributed by atoms with Gasteiger partial charge in [-0.15, -0.1) is 0 Å². The first-order valence-corrected chi connectivity index (χ1v) is 8.77. The zero-order valence-electron chi connectivity index (χ0n) is 14.7. The first-order valence-electron chi connectivity index (χ1n) is 8.77. The van der Waals surface area contributed by atoms with Gasteiger partial charge in [-0.3, -0.25) is 9.59 Å². The molecule has 0 radical (unpaired) electrons. The Morgan fingerprint density at radius 1 is 1.15 bits per heavy atom. The molecule has 1 fully saturated rings. The molecule has 0 aliphatic heterocycles. The van der Waals surface area contributed by atoms with Crippen molar-refractivity contribution >= 4 is 23.2 Å². The van der Waals surface area contributed by atoms with Crippen LogP contribution >= 0.6 is 0 Å². The number of benzene rings is 2. The minimum atomic E-state index is -0.344. The molecular formula is C20H22FN3O2. The van der Waals surface area contributed by atoms with Crippen molar-refractivity contribution in [1.29, 1.82) is 0 Å². The van der Waals surface area contributed by atoms with Crippen molar-refractivity contribution < 1.29 is 14.0 Å². The summed E-state index contributed by atoms with van der Waals surface area (Å²) in [7, 11) is 0. The van der Waals surface area contributed by atoms with Gasteiger partial charge in [0.25, 0.3) is 5.91 Å². The normalized spacial score (nSPS) is 13.2. The lowest BCUT2D eigenvalue weighted by molar-refractivity contribution is -0.115. The van der Waals surface area contributed by atoms with E-state index < -0.39 is 0 Å². The number of amides is 2. The van der Waals surface area contributed by atoms with Crippen molar-refractivity contribution in [2.75, 3.05) is 23.3 Å². The quantitative estimate of drug-likeness (QED) is 0.802. The molecule has 2 aromatic rings. The molecule has 0 heterocycles. The number of hydrogen-bond acceptors (Lipinski definition) is 3. The van der Waals surface area contributed by atoms with Gasteiger partial charge in [0, 0.05) is 18.3 Å². The molecule has 136 valence electrons. The maximum absolute atomic E-state index is 13.4. The molecule has 1 aliphatic carbocycles. The van der Waals surface area contributed by atoms with Crippen LogP contribution in [0.4, 0.5) is 15.8 Å². The lowest BCUT2D eigenvalue weighted by atomic mass is 10.1. The lowest BCUT2D eigenvalue weighted by Crippen LogP contribution is -2.34. The number of para-hydroxylation sites is 1. The van der Waals surface area contributed by atoms with Crippen molar-refractivity contribution in [3.8, 4) is 0 Å². The molecule has 0 spiro atoms.